The molecule has 0 aliphatic heterocycles. The molecule has 1 rings (SSSR count). The molecule has 0 aliphatic carbocycles. The molecule has 1 unspecified atom stereocenters. The number of carbonyl (C=O) groups is 1. The highest BCUT2D eigenvalue weighted by Crippen LogP contribution is 2.12. The van der Waals surface area contributed by atoms with Gasteiger partial charge in [0.15, 0.2) is 0 Å². The van der Waals surface area contributed by atoms with Gasteiger partial charge in [0.05, 0.1) is 8.48 Å². The molecule has 6 heteroatoms. The zero-order chi connectivity index (χ0) is 17.3. The summed E-state index contributed by atoms with van der Waals surface area (Å²) in [6.45, 7) is 4.41. The lowest BCUT2D eigenvalue weighted by atomic mass is 10.1. The van der Waals surface area contributed by atoms with Crippen molar-refractivity contribution in [2.75, 3.05) is 26.8 Å². The van der Waals surface area contributed by atoms with Crippen LogP contribution >= 0.6 is 0 Å². The largest absolute Gasteiger partial charge is 0.491 e. The molecule has 0 radical (unpaired) electrons. The number of aliphatic hydroxyl groups is 1. The predicted molar refractivity (Wildman–Crippen MR) is 85.2 cm³/mol. The first-order chi connectivity index (χ1) is 10.8. The van der Waals surface area contributed by atoms with Crippen LogP contribution in [-0.4, -0.2) is 50.1 Å². The van der Waals surface area contributed by atoms with E-state index < -0.39 is 12.2 Å². The van der Waals surface area contributed by atoms with Crippen LogP contribution in [0.15, 0.2) is 24.3 Å². The summed E-state index contributed by atoms with van der Waals surface area (Å²) in [5.74, 6) is 0.588. The molecule has 1 aromatic carbocycles. The van der Waals surface area contributed by atoms with Crippen molar-refractivity contribution in [2.45, 2.75) is 32.4 Å². The normalized spacial score (nSPS) is 14.1. The number of ether oxygens (including phenoxy) is 2. The Morgan fingerprint density at radius 1 is 1.36 bits per heavy atom. The third-order valence-electron chi connectivity index (χ3n) is 2.91. The smallest absolute Gasteiger partial charge is 0.406 e. The number of methoxy groups -OCH3 is 1. The van der Waals surface area contributed by atoms with Gasteiger partial charge in [-0.05, 0) is 24.1 Å². The lowest BCUT2D eigenvalue weighted by Gasteiger charge is -2.15. The molecule has 0 spiro atoms. The number of hydrogen-bond donors (Lipinski definition) is 3. The first kappa shape index (κ1) is 16.6. The molecule has 1 atom stereocenters. The number of amides is 1. The van der Waals surface area contributed by atoms with Crippen LogP contribution in [-0.2, 0) is 11.2 Å². The molecule has 0 saturated carbocycles. The monoisotopic (exact) mass is 312 g/mol. The zero-order valence-corrected chi connectivity index (χ0v) is 13.4. The Balaban J connectivity index is 2.37. The van der Waals surface area contributed by atoms with E-state index in [9.17, 15) is 9.90 Å². The van der Waals surface area contributed by atoms with Gasteiger partial charge in [-0.1, -0.05) is 26.0 Å². The highest BCUT2D eigenvalue weighted by molar-refractivity contribution is 5.66. The summed E-state index contributed by atoms with van der Waals surface area (Å²) in [6, 6.07) is 7.51. The van der Waals surface area contributed by atoms with Gasteiger partial charge in [-0.3, -0.25) is 0 Å². The van der Waals surface area contributed by atoms with Gasteiger partial charge in [0.1, 0.15) is 18.4 Å². The fourth-order valence-corrected chi connectivity index (χ4v) is 1.67. The molecule has 0 aromatic heterocycles. The Bertz CT molecular complexity index is 477. The average molecular weight is 312 g/mol. The minimum absolute atomic E-state index is 0.115. The van der Waals surface area contributed by atoms with E-state index in [1.54, 1.807) is 12.1 Å². The van der Waals surface area contributed by atoms with Gasteiger partial charge in [0.2, 0.25) is 0 Å². The van der Waals surface area contributed by atoms with Crippen molar-refractivity contribution in [2.24, 2.45) is 0 Å². The van der Waals surface area contributed by atoms with Gasteiger partial charge in [-0.25, -0.2) is 4.79 Å². The Morgan fingerprint density at radius 2 is 2.05 bits per heavy atom. The summed E-state index contributed by atoms with van der Waals surface area (Å²) in [5.41, 5.74) is 1.04. The third kappa shape index (κ3) is 7.85. The molecular weight excluding hydrogens is 284 g/mol. The molecule has 0 fully saturated rings. The number of hydrogen-bond acceptors (Lipinski definition) is 5. The molecule has 3 N–H and O–H groups in total. The van der Waals surface area contributed by atoms with Gasteiger partial charge in [-0.2, -0.15) is 0 Å². The quantitative estimate of drug-likeness (QED) is 0.641. The number of nitrogens with one attached hydrogen (secondary N) is 2. The van der Waals surface area contributed by atoms with E-state index in [0.717, 1.165) is 5.56 Å². The van der Waals surface area contributed by atoms with Crippen molar-refractivity contribution in [3.8, 4) is 5.75 Å². The van der Waals surface area contributed by atoms with Crippen molar-refractivity contribution in [3.05, 3.63) is 29.8 Å². The SMILES string of the molecule is [3H]C(O)(CNC(C)C)COc1ccc(CCNC(=O)OC)cc1. The fraction of sp³-hybridized carbons (Fsp3) is 0.562. The Labute approximate surface area is 133 Å². The highest BCUT2D eigenvalue weighted by atomic mass is 16.5. The van der Waals surface area contributed by atoms with Crippen LogP contribution in [0.25, 0.3) is 0 Å². The van der Waals surface area contributed by atoms with E-state index in [1.807, 2.05) is 26.0 Å². The minimum atomic E-state index is -1.67. The van der Waals surface area contributed by atoms with E-state index >= 15 is 0 Å². The molecule has 0 aliphatic rings. The predicted octanol–water partition coefficient (Wildman–Crippen LogP) is 1.32. The first-order valence-corrected chi connectivity index (χ1v) is 7.32. The lowest BCUT2D eigenvalue weighted by Crippen LogP contribution is -2.35. The molecule has 124 valence electrons. The van der Waals surface area contributed by atoms with Crippen molar-refractivity contribution < 1.29 is 20.7 Å². The summed E-state index contributed by atoms with van der Waals surface area (Å²) in [4.78, 5) is 10.9. The van der Waals surface area contributed by atoms with Gasteiger partial charge in [-0.15, -0.1) is 0 Å². The maximum Gasteiger partial charge on any atom is 0.406 e. The maximum atomic E-state index is 10.9. The summed E-state index contributed by atoms with van der Waals surface area (Å²) >= 11 is 0. The van der Waals surface area contributed by atoms with Crippen LogP contribution in [0.5, 0.6) is 5.75 Å². The average Bonchev–Trinajstić information content (AvgIpc) is 2.52. The van der Waals surface area contributed by atoms with Crippen LogP contribution < -0.4 is 15.4 Å². The molecule has 0 bridgehead atoms. The second kappa shape index (κ2) is 10.0. The summed E-state index contributed by atoms with van der Waals surface area (Å²) in [7, 11) is 1.33. The number of carbonyl (C=O) groups excluding carboxylic acids is 1. The van der Waals surface area contributed by atoms with Crippen molar-refractivity contribution in [1.29, 1.82) is 0 Å². The third-order valence-corrected chi connectivity index (χ3v) is 2.91. The minimum Gasteiger partial charge on any atom is -0.491 e. The Morgan fingerprint density at radius 3 is 2.64 bits per heavy atom. The molecule has 0 saturated heterocycles. The number of alkyl carbamates (subject to hydrolysis) is 1. The van der Waals surface area contributed by atoms with E-state index in [4.69, 9.17) is 6.11 Å². The summed E-state index contributed by atoms with van der Waals surface area (Å²) in [6.07, 6.45) is -1.45. The van der Waals surface area contributed by atoms with Gasteiger partial charge >= 0.3 is 6.09 Å². The fourth-order valence-electron chi connectivity index (χ4n) is 1.67. The van der Waals surface area contributed by atoms with Crippen molar-refractivity contribution >= 4 is 6.09 Å². The zero-order valence-electron chi connectivity index (χ0n) is 14.4. The summed E-state index contributed by atoms with van der Waals surface area (Å²) in [5, 5.41) is 15.5. The second-order valence-corrected chi connectivity index (χ2v) is 5.20. The van der Waals surface area contributed by atoms with Crippen LogP contribution in [0.1, 0.15) is 20.8 Å². The highest BCUT2D eigenvalue weighted by Gasteiger charge is 2.06. The molecular formula is C16H26N2O4. The standard InChI is InChI=1S/C16H26N2O4/c1-12(2)18-10-14(19)11-22-15-6-4-13(5-7-15)8-9-17-16(20)21-3/h4-7,12,14,18-19H,8-11H2,1-3H3,(H,17,20)/i14T. The Hall–Kier alpha value is -1.79. The molecule has 6 nitrogen and oxygen atoms in total. The molecule has 22 heavy (non-hydrogen) atoms. The van der Waals surface area contributed by atoms with Crippen LogP contribution in [0, 0.1) is 0 Å². The molecule has 1 amide bonds. The molecule has 1 aromatic rings. The Kier molecular flexibility index (Phi) is 7.55. The van der Waals surface area contributed by atoms with E-state index in [0.29, 0.717) is 18.7 Å². The van der Waals surface area contributed by atoms with Crippen molar-refractivity contribution in [1.82, 2.24) is 10.6 Å². The molecule has 0 heterocycles. The van der Waals surface area contributed by atoms with Crippen LogP contribution in [0.4, 0.5) is 4.79 Å². The van der Waals surface area contributed by atoms with Gasteiger partial charge < -0.3 is 25.2 Å². The second-order valence-electron chi connectivity index (χ2n) is 5.20. The maximum absolute atomic E-state index is 10.9. The van der Waals surface area contributed by atoms with E-state index in [2.05, 4.69) is 15.4 Å². The van der Waals surface area contributed by atoms with E-state index in [1.165, 1.54) is 7.11 Å². The summed E-state index contributed by atoms with van der Waals surface area (Å²) < 4.78 is 17.7. The topological polar surface area (TPSA) is 79.8 Å². The van der Waals surface area contributed by atoms with Gasteiger partial charge in [0, 0.05) is 19.1 Å². The van der Waals surface area contributed by atoms with E-state index in [-0.39, 0.29) is 19.2 Å². The number of benzene rings is 1. The van der Waals surface area contributed by atoms with Crippen LogP contribution in [0.2, 0.25) is 0 Å². The van der Waals surface area contributed by atoms with Crippen LogP contribution in [0.3, 0.4) is 0 Å². The van der Waals surface area contributed by atoms with Crippen molar-refractivity contribution in [3.63, 3.8) is 0 Å². The lowest BCUT2D eigenvalue weighted by molar-refractivity contribution is 0.104. The number of rotatable bonds is 9. The first-order valence-electron chi connectivity index (χ1n) is 7.82. The van der Waals surface area contributed by atoms with Gasteiger partial charge in [0.25, 0.3) is 0 Å².